The molecular formula is C23H30N3O3S+. The van der Waals surface area contributed by atoms with Gasteiger partial charge in [0.25, 0.3) is 15.9 Å². The van der Waals surface area contributed by atoms with E-state index in [0.29, 0.717) is 11.3 Å². The van der Waals surface area contributed by atoms with Crippen LogP contribution in [-0.2, 0) is 10.0 Å². The zero-order chi connectivity index (χ0) is 21.4. The van der Waals surface area contributed by atoms with Crippen LogP contribution in [0.5, 0.6) is 0 Å². The molecule has 3 N–H and O–H groups in total. The van der Waals surface area contributed by atoms with Crippen molar-refractivity contribution in [2.75, 3.05) is 24.4 Å². The van der Waals surface area contributed by atoms with Crippen molar-refractivity contribution in [1.29, 1.82) is 0 Å². The van der Waals surface area contributed by atoms with Crippen LogP contribution in [0.3, 0.4) is 0 Å². The summed E-state index contributed by atoms with van der Waals surface area (Å²) in [6, 6.07) is 15.9. The van der Waals surface area contributed by atoms with Crippen LogP contribution < -0.4 is 14.9 Å². The summed E-state index contributed by atoms with van der Waals surface area (Å²) in [5.41, 5.74) is 1.75. The summed E-state index contributed by atoms with van der Waals surface area (Å²) in [6.45, 7) is 5.58. The molecule has 160 valence electrons. The third kappa shape index (κ3) is 6.71. The second kappa shape index (κ2) is 10.4. The van der Waals surface area contributed by atoms with E-state index in [1.54, 1.807) is 29.2 Å². The van der Waals surface area contributed by atoms with E-state index in [1.165, 1.54) is 19.0 Å². The van der Waals surface area contributed by atoms with Crippen LogP contribution in [0.1, 0.15) is 42.1 Å². The molecule has 0 radical (unpaired) electrons. The number of likely N-dealkylation sites (tertiary alicyclic amines) is 1. The second-order valence-corrected chi connectivity index (χ2v) is 9.25. The average molecular weight is 429 g/mol. The molecule has 0 bridgehead atoms. The monoisotopic (exact) mass is 428 g/mol. The van der Waals surface area contributed by atoms with Gasteiger partial charge in [-0.25, -0.2) is 8.42 Å². The third-order valence-corrected chi connectivity index (χ3v) is 6.29. The number of amides is 1. The second-order valence-electron chi connectivity index (χ2n) is 7.69. The first kappa shape index (κ1) is 22.1. The summed E-state index contributed by atoms with van der Waals surface area (Å²) in [5.74, 6) is -0.114. The van der Waals surface area contributed by atoms with E-state index in [4.69, 9.17) is 0 Å². The van der Waals surface area contributed by atoms with Gasteiger partial charge in [0.2, 0.25) is 0 Å². The number of carbonyl (C=O) groups excluding carboxylic acids is 1. The van der Waals surface area contributed by atoms with Crippen molar-refractivity contribution in [2.45, 2.75) is 32.2 Å². The van der Waals surface area contributed by atoms with Crippen LogP contribution in [0.4, 0.5) is 5.69 Å². The van der Waals surface area contributed by atoms with E-state index in [-0.39, 0.29) is 11.9 Å². The van der Waals surface area contributed by atoms with Crippen molar-refractivity contribution in [3.05, 3.63) is 71.1 Å². The van der Waals surface area contributed by atoms with Gasteiger partial charge in [0, 0.05) is 30.1 Å². The van der Waals surface area contributed by atoms with E-state index in [0.717, 1.165) is 36.9 Å². The Bertz CT molecular complexity index is 949. The molecule has 7 heteroatoms. The lowest BCUT2D eigenvalue weighted by atomic mass is 10.0. The van der Waals surface area contributed by atoms with Crippen molar-refractivity contribution in [1.82, 2.24) is 5.32 Å². The number of nitrogens with one attached hydrogen (secondary N) is 3. The van der Waals surface area contributed by atoms with Gasteiger partial charge in [0.05, 0.1) is 25.0 Å². The van der Waals surface area contributed by atoms with Crippen molar-refractivity contribution < 1.29 is 18.1 Å². The first-order valence-electron chi connectivity index (χ1n) is 10.5. The Labute approximate surface area is 179 Å². The molecule has 2 aromatic carbocycles. The Morgan fingerprint density at radius 3 is 2.37 bits per heavy atom. The van der Waals surface area contributed by atoms with Crippen LogP contribution in [0.15, 0.2) is 60.0 Å². The minimum Gasteiger partial charge on any atom is -0.349 e. The van der Waals surface area contributed by atoms with Gasteiger partial charge in [0.1, 0.15) is 0 Å². The lowest BCUT2D eigenvalue weighted by Crippen LogP contribution is -3.13. The summed E-state index contributed by atoms with van der Waals surface area (Å²) in [6.07, 6.45) is 4.71. The number of rotatable bonds is 8. The number of sulfonamides is 1. The van der Waals surface area contributed by atoms with Crippen molar-refractivity contribution in [2.24, 2.45) is 0 Å². The number of benzene rings is 2. The maximum Gasteiger partial charge on any atom is 0.255 e. The summed E-state index contributed by atoms with van der Waals surface area (Å²) >= 11 is 0. The maximum absolute atomic E-state index is 12.5. The summed E-state index contributed by atoms with van der Waals surface area (Å²) in [7, 11) is -3.63. The van der Waals surface area contributed by atoms with E-state index in [2.05, 4.69) is 17.0 Å². The van der Waals surface area contributed by atoms with Crippen LogP contribution in [0, 0.1) is 0 Å². The molecule has 1 fully saturated rings. The highest BCUT2D eigenvalue weighted by Gasteiger charge is 2.23. The first-order valence-corrected chi connectivity index (χ1v) is 12.0. The van der Waals surface area contributed by atoms with Crippen LogP contribution in [-0.4, -0.2) is 40.0 Å². The van der Waals surface area contributed by atoms with Crippen LogP contribution in [0.25, 0.3) is 6.08 Å². The quantitative estimate of drug-likeness (QED) is 0.604. The molecule has 1 aliphatic rings. The van der Waals surface area contributed by atoms with Gasteiger partial charge >= 0.3 is 0 Å². The molecule has 1 heterocycles. The van der Waals surface area contributed by atoms with Crippen molar-refractivity contribution >= 4 is 27.7 Å². The number of piperidine rings is 1. The minimum atomic E-state index is -3.63. The van der Waals surface area contributed by atoms with Gasteiger partial charge < -0.3 is 10.2 Å². The summed E-state index contributed by atoms with van der Waals surface area (Å²) in [5, 5.41) is 4.24. The Morgan fingerprint density at radius 2 is 1.73 bits per heavy atom. The standard InChI is InChI=1S/C23H29N3O3S/c1-2-15-26-16-12-21(13-17-26)24-23(27)20-8-10-22(11-9-20)25-30(28,29)18-14-19-6-4-3-5-7-19/h3-11,14,18,21,25H,2,12-13,15-17H2,1H3,(H,24,27)/p+1/b18-14+. The number of hydrogen-bond acceptors (Lipinski definition) is 3. The fourth-order valence-corrected chi connectivity index (χ4v) is 4.53. The van der Waals surface area contributed by atoms with Crippen LogP contribution >= 0.6 is 0 Å². The molecule has 6 nitrogen and oxygen atoms in total. The predicted octanol–water partition coefficient (Wildman–Crippen LogP) is 2.29. The number of anilines is 1. The Kier molecular flexibility index (Phi) is 7.65. The molecule has 1 aliphatic heterocycles. The lowest BCUT2D eigenvalue weighted by molar-refractivity contribution is -0.905. The first-order chi connectivity index (χ1) is 14.4. The molecular weight excluding hydrogens is 398 g/mol. The Morgan fingerprint density at radius 1 is 1.07 bits per heavy atom. The van der Waals surface area contributed by atoms with Gasteiger partial charge in [-0.15, -0.1) is 0 Å². The van der Waals surface area contributed by atoms with Gasteiger partial charge in [-0.05, 0) is 42.3 Å². The lowest BCUT2D eigenvalue weighted by Gasteiger charge is -2.29. The SMILES string of the molecule is CCC[NH+]1CCC(NC(=O)c2ccc(NS(=O)(=O)/C=C/c3ccccc3)cc2)CC1. The molecule has 1 amide bonds. The smallest absolute Gasteiger partial charge is 0.255 e. The van der Waals surface area contributed by atoms with Crippen LogP contribution in [0.2, 0.25) is 0 Å². The highest BCUT2D eigenvalue weighted by atomic mass is 32.2. The highest BCUT2D eigenvalue weighted by molar-refractivity contribution is 7.95. The molecule has 0 aromatic heterocycles. The molecule has 0 atom stereocenters. The fraction of sp³-hybridized carbons (Fsp3) is 0.348. The molecule has 0 saturated carbocycles. The maximum atomic E-state index is 12.5. The van der Waals surface area contributed by atoms with Gasteiger partial charge in [-0.3, -0.25) is 9.52 Å². The minimum absolute atomic E-state index is 0.114. The van der Waals surface area contributed by atoms with Gasteiger partial charge in [-0.2, -0.15) is 0 Å². The molecule has 0 aliphatic carbocycles. The summed E-state index contributed by atoms with van der Waals surface area (Å²) < 4.78 is 27.0. The Balaban J connectivity index is 1.53. The van der Waals surface area contributed by atoms with E-state index in [1.807, 2.05) is 30.3 Å². The van der Waals surface area contributed by atoms with Gasteiger partial charge in [0.15, 0.2) is 0 Å². The van der Waals surface area contributed by atoms with E-state index >= 15 is 0 Å². The van der Waals surface area contributed by atoms with Crippen molar-refractivity contribution in [3.63, 3.8) is 0 Å². The van der Waals surface area contributed by atoms with Crippen molar-refractivity contribution in [3.8, 4) is 0 Å². The number of carbonyl (C=O) groups is 1. The van der Waals surface area contributed by atoms with E-state index in [9.17, 15) is 13.2 Å². The number of hydrogen-bond donors (Lipinski definition) is 3. The molecule has 1 saturated heterocycles. The number of quaternary nitrogens is 1. The van der Waals surface area contributed by atoms with Gasteiger partial charge in [-0.1, -0.05) is 37.3 Å². The predicted molar refractivity (Wildman–Crippen MR) is 121 cm³/mol. The highest BCUT2D eigenvalue weighted by Crippen LogP contribution is 2.13. The normalized spacial score (nSPS) is 19.5. The summed E-state index contributed by atoms with van der Waals surface area (Å²) in [4.78, 5) is 14.1. The molecule has 0 spiro atoms. The topological polar surface area (TPSA) is 79.7 Å². The third-order valence-electron chi connectivity index (χ3n) is 5.28. The average Bonchev–Trinajstić information content (AvgIpc) is 2.75. The largest absolute Gasteiger partial charge is 0.349 e. The molecule has 30 heavy (non-hydrogen) atoms. The zero-order valence-electron chi connectivity index (χ0n) is 17.3. The fourth-order valence-electron chi connectivity index (χ4n) is 3.66. The zero-order valence-corrected chi connectivity index (χ0v) is 18.1. The molecule has 2 aromatic rings. The molecule has 3 rings (SSSR count). The Hall–Kier alpha value is -2.64. The van der Waals surface area contributed by atoms with E-state index < -0.39 is 10.0 Å². The molecule has 0 unspecified atom stereocenters.